The zero-order chi connectivity index (χ0) is 18.0. The molecule has 25 heavy (non-hydrogen) atoms. The molecule has 130 valence electrons. The van der Waals surface area contributed by atoms with E-state index in [1.807, 2.05) is 26.2 Å². The van der Waals surface area contributed by atoms with Gasteiger partial charge in [0.25, 0.3) is 0 Å². The molecule has 0 saturated carbocycles. The maximum Gasteiger partial charge on any atom is 0.199 e. The van der Waals surface area contributed by atoms with Gasteiger partial charge >= 0.3 is 0 Å². The zero-order valence-electron chi connectivity index (χ0n) is 14.6. The number of nitrogens with zero attached hydrogens (tertiary/aromatic N) is 4. The van der Waals surface area contributed by atoms with Gasteiger partial charge in [-0.2, -0.15) is 5.10 Å². The smallest absolute Gasteiger partial charge is 0.199 e. The highest BCUT2D eigenvalue weighted by Crippen LogP contribution is 2.21. The predicted octanol–water partition coefficient (Wildman–Crippen LogP) is 4.16. The molecule has 0 saturated heterocycles. The van der Waals surface area contributed by atoms with Crippen LogP contribution in [0.2, 0.25) is 0 Å². The van der Waals surface area contributed by atoms with Crippen molar-refractivity contribution in [3.05, 3.63) is 70.2 Å². The van der Waals surface area contributed by atoms with Gasteiger partial charge < -0.3 is 4.57 Å². The van der Waals surface area contributed by atoms with Crippen LogP contribution in [-0.4, -0.2) is 26.3 Å². The van der Waals surface area contributed by atoms with Crippen molar-refractivity contribution in [3.8, 4) is 11.4 Å². The standard InChI is InChI=1S/C19H21FN4S/c1-14-8-4-5-9-15(14)12-22(2)13-24-19(25)23(3)18(21-24)16-10-6-7-11-17(16)20/h4-11H,12-13H2,1-3H3. The van der Waals surface area contributed by atoms with Crippen LogP contribution in [0.3, 0.4) is 0 Å². The number of aryl methyl sites for hydroxylation is 1. The highest BCUT2D eigenvalue weighted by molar-refractivity contribution is 7.71. The fourth-order valence-electron chi connectivity index (χ4n) is 2.81. The highest BCUT2D eigenvalue weighted by Gasteiger charge is 2.14. The third-order valence-electron chi connectivity index (χ3n) is 4.23. The maximum atomic E-state index is 14.1. The molecule has 0 amide bonds. The Morgan fingerprint density at radius 2 is 1.80 bits per heavy atom. The van der Waals surface area contributed by atoms with E-state index in [4.69, 9.17) is 12.2 Å². The first kappa shape index (κ1) is 17.5. The van der Waals surface area contributed by atoms with E-state index in [9.17, 15) is 4.39 Å². The van der Waals surface area contributed by atoms with Crippen LogP contribution in [0.1, 0.15) is 11.1 Å². The molecule has 0 fully saturated rings. The molecule has 3 aromatic rings. The maximum absolute atomic E-state index is 14.1. The summed E-state index contributed by atoms with van der Waals surface area (Å²) in [5, 5.41) is 4.54. The minimum Gasteiger partial charge on any atom is -0.303 e. The number of hydrogen-bond donors (Lipinski definition) is 0. The molecule has 0 atom stereocenters. The predicted molar refractivity (Wildman–Crippen MR) is 100 cm³/mol. The van der Waals surface area contributed by atoms with E-state index in [1.165, 1.54) is 17.2 Å². The highest BCUT2D eigenvalue weighted by atomic mass is 32.1. The number of rotatable bonds is 5. The quantitative estimate of drug-likeness (QED) is 0.642. The summed E-state index contributed by atoms with van der Waals surface area (Å²) in [6.45, 7) is 3.43. The van der Waals surface area contributed by atoms with Crippen molar-refractivity contribution in [2.75, 3.05) is 7.05 Å². The van der Waals surface area contributed by atoms with Gasteiger partial charge in [0.15, 0.2) is 10.6 Å². The second-order valence-corrected chi connectivity index (χ2v) is 6.59. The molecular formula is C19H21FN4S. The van der Waals surface area contributed by atoms with Gasteiger partial charge in [0, 0.05) is 13.6 Å². The first-order chi connectivity index (χ1) is 12.0. The fourth-order valence-corrected chi connectivity index (χ4v) is 3.00. The summed E-state index contributed by atoms with van der Waals surface area (Å²) in [4.78, 5) is 2.14. The molecule has 1 aromatic heterocycles. The summed E-state index contributed by atoms with van der Waals surface area (Å²) in [6.07, 6.45) is 0. The van der Waals surface area contributed by atoms with E-state index in [0.717, 1.165) is 6.54 Å². The third-order valence-corrected chi connectivity index (χ3v) is 4.72. The summed E-state index contributed by atoms with van der Waals surface area (Å²) in [7, 11) is 3.83. The van der Waals surface area contributed by atoms with E-state index in [0.29, 0.717) is 22.8 Å². The Morgan fingerprint density at radius 3 is 2.52 bits per heavy atom. The molecule has 0 spiro atoms. The molecule has 0 aliphatic carbocycles. The molecule has 1 heterocycles. The zero-order valence-corrected chi connectivity index (χ0v) is 15.4. The Morgan fingerprint density at radius 1 is 1.12 bits per heavy atom. The van der Waals surface area contributed by atoms with E-state index in [-0.39, 0.29) is 5.82 Å². The van der Waals surface area contributed by atoms with Gasteiger partial charge in [0.2, 0.25) is 0 Å². The fraction of sp³-hybridized carbons (Fsp3) is 0.263. The lowest BCUT2D eigenvalue weighted by Gasteiger charge is -2.17. The average molecular weight is 356 g/mol. The van der Waals surface area contributed by atoms with Crippen LogP contribution in [-0.2, 0) is 20.3 Å². The van der Waals surface area contributed by atoms with Gasteiger partial charge in [0.05, 0.1) is 12.2 Å². The van der Waals surface area contributed by atoms with Crippen molar-refractivity contribution >= 4 is 12.2 Å². The molecule has 0 bridgehead atoms. The molecule has 6 heteroatoms. The van der Waals surface area contributed by atoms with Crippen LogP contribution < -0.4 is 0 Å². The molecule has 2 aromatic carbocycles. The Bertz CT molecular complexity index is 945. The van der Waals surface area contributed by atoms with Crippen molar-refractivity contribution in [1.82, 2.24) is 19.2 Å². The van der Waals surface area contributed by atoms with Crippen molar-refractivity contribution in [1.29, 1.82) is 0 Å². The van der Waals surface area contributed by atoms with Gasteiger partial charge in [-0.15, -0.1) is 0 Å². The molecule has 0 aliphatic rings. The minimum atomic E-state index is -0.300. The number of hydrogen-bond acceptors (Lipinski definition) is 3. The first-order valence-corrected chi connectivity index (χ1v) is 8.50. The Kier molecular flexibility index (Phi) is 5.11. The molecule has 0 aliphatic heterocycles. The minimum absolute atomic E-state index is 0.300. The van der Waals surface area contributed by atoms with E-state index >= 15 is 0 Å². The third kappa shape index (κ3) is 3.70. The van der Waals surface area contributed by atoms with Crippen molar-refractivity contribution in [2.24, 2.45) is 7.05 Å². The molecular weight excluding hydrogens is 335 g/mol. The van der Waals surface area contributed by atoms with Crippen LogP contribution in [0.25, 0.3) is 11.4 Å². The second-order valence-electron chi connectivity index (χ2n) is 6.23. The largest absolute Gasteiger partial charge is 0.303 e. The van der Waals surface area contributed by atoms with E-state index in [1.54, 1.807) is 27.4 Å². The molecule has 0 N–H and O–H groups in total. The van der Waals surface area contributed by atoms with Gasteiger partial charge in [-0.05, 0) is 49.4 Å². The summed E-state index contributed by atoms with van der Waals surface area (Å²) in [6, 6.07) is 14.9. The molecule has 4 nitrogen and oxygen atoms in total. The lowest BCUT2D eigenvalue weighted by Crippen LogP contribution is -2.23. The summed E-state index contributed by atoms with van der Waals surface area (Å²) >= 11 is 5.48. The molecule has 0 radical (unpaired) electrons. The number of benzene rings is 2. The van der Waals surface area contributed by atoms with Gasteiger partial charge in [-0.3, -0.25) is 4.90 Å². The lowest BCUT2D eigenvalue weighted by atomic mass is 10.1. The van der Waals surface area contributed by atoms with E-state index in [2.05, 4.69) is 29.1 Å². The van der Waals surface area contributed by atoms with Crippen LogP contribution in [0, 0.1) is 17.5 Å². The summed E-state index contributed by atoms with van der Waals surface area (Å²) < 4.78 is 18.1. The van der Waals surface area contributed by atoms with Gasteiger partial charge in [-0.1, -0.05) is 36.4 Å². The van der Waals surface area contributed by atoms with Crippen molar-refractivity contribution < 1.29 is 4.39 Å². The lowest BCUT2D eigenvalue weighted by molar-refractivity contribution is 0.243. The Labute approximate surface area is 152 Å². The van der Waals surface area contributed by atoms with Gasteiger partial charge in [-0.25, -0.2) is 9.07 Å². The van der Waals surface area contributed by atoms with Crippen molar-refractivity contribution in [2.45, 2.75) is 20.1 Å². The summed E-state index contributed by atoms with van der Waals surface area (Å²) in [5.74, 6) is 0.235. The first-order valence-electron chi connectivity index (χ1n) is 8.09. The number of aromatic nitrogens is 3. The SMILES string of the molecule is Cc1ccccc1CN(C)Cn1nc(-c2ccccc2F)n(C)c1=S. The van der Waals surface area contributed by atoms with Crippen molar-refractivity contribution in [3.63, 3.8) is 0 Å². The normalized spacial score (nSPS) is 11.2. The second kappa shape index (κ2) is 7.29. The Hall–Kier alpha value is -2.31. The van der Waals surface area contributed by atoms with Crippen LogP contribution >= 0.6 is 12.2 Å². The van der Waals surface area contributed by atoms with Gasteiger partial charge in [0.1, 0.15) is 5.82 Å². The average Bonchev–Trinajstić information content (AvgIpc) is 2.86. The Balaban J connectivity index is 1.84. The topological polar surface area (TPSA) is 26.0 Å². The number of halogens is 1. The van der Waals surface area contributed by atoms with E-state index < -0.39 is 0 Å². The van der Waals surface area contributed by atoms with Crippen LogP contribution in [0.5, 0.6) is 0 Å². The monoisotopic (exact) mass is 356 g/mol. The molecule has 0 unspecified atom stereocenters. The van der Waals surface area contributed by atoms with Crippen LogP contribution in [0.15, 0.2) is 48.5 Å². The summed E-state index contributed by atoms with van der Waals surface area (Å²) in [5.41, 5.74) is 2.98. The molecule has 3 rings (SSSR count). The van der Waals surface area contributed by atoms with Crippen LogP contribution in [0.4, 0.5) is 4.39 Å².